The summed E-state index contributed by atoms with van der Waals surface area (Å²) in [5.74, 6) is -1.11. The Morgan fingerprint density at radius 3 is 2.72 bits per heavy atom. The average molecular weight is 475 g/mol. The minimum atomic E-state index is -3.84. The predicted molar refractivity (Wildman–Crippen MR) is 121 cm³/mol. The number of sulfonamides is 1. The van der Waals surface area contributed by atoms with Gasteiger partial charge in [-0.15, -0.1) is 10.2 Å². The number of nitrogens with zero attached hydrogens (tertiary/aromatic N) is 3. The second kappa shape index (κ2) is 9.05. The van der Waals surface area contributed by atoms with Gasteiger partial charge >= 0.3 is 0 Å². The van der Waals surface area contributed by atoms with Crippen LogP contribution in [-0.4, -0.2) is 41.9 Å². The zero-order valence-electron chi connectivity index (χ0n) is 17.7. The molecule has 1 N–H and O–H groups in total. The van der Waals surface area contributed by atoms with E-state index in [0.717, 1.165) is 18.1 Å². The Balaban J connectivity index is 1.51. The number of halogens is 1. The van der Waals surface area contributed by atoms with E-state index in [4.69, 9.17) is 0 Å². The van der Waals surface area contributed by atoms with E-state index in [0.29, 0.717) is 29.2 Å². The number of hydrogen-bond donors (Lipinski definition) is 1. The largest absolute Gasteiger partial charge is 0.320 e. The van der Waals surface area contributed by atoms with Gasteiger partial charge in [-0.1, -0.05) is 35.6 Å². The Morgan fingerprint density at radius 1 is 1.16 bits per heavy atom. The lowest BCUT2D eigenvalue weighted by molar-refractivity contribution is 0.102. The van der Waals surface area contributed by atoms with Gasteiger partial charge in [-0.25, -0.2) is 12.8 Å². The molecule has 0 radical (unpaired) electrons. The molecule has 1 unspecified atom stereocenters. The van der Waals surface area contributed by atoms with E-state index in [1.54, 1.807) is 6.92 Å². The Hall–Kier alpha value is -2.69. The summed E-state index contributed by atoms with van der Waals surface area (Å²) >= 11 is 1.17. The minimum Gasteiger partial charge on any atom is -0.320 e. The third kappa shape index (κ3) is 4.57. The van der Waals surface area contributed by atoms with Crippen molar-refractivity contribution in [3.63, 3.8) is 0 Å². The number of carbonyl (C=O) groups is 1. The van der Waals surface area contributed by atoms with Gasteiger partial charge in [0.25, 0.3) is 5.91 Å². The highest BCUT2D eigenvalue weighted by Gasteiger charge is 2.33. The van der Waals surface area contributed by atoms with Crippen LogP contribution in [0.25, 0.3) is 0 Å². The molecule has 1 atom stereocenters. The molecule has 0 saturated carbocycles. The second-order valence-electron chi connectivity index (χ2n) is 7.83. The van der Waals surface area contributed by atoms with Crippen LogP contribution >= 0.6 is 11.3 Å². The van der Waals surface area contributed by atoms with Gasteiger partial charge in [-0.3, -0.25) is 4.79 Å². The van der Waals surface area contributed by atoms with Crippen molar-refractivity contribution >= 4 is 33.0 Å². The first-order valence-electron chi connectivity index (χ1n) is 10.2. The number of para-hydroxylation sites is 1. The number of hydrogen-bond acceptors (Lipinski definition) is 6. The Labute approximate surface area is 190 Å². The lowest BCUT2D eigenvalue weighted by Crippen LogP contribution is -2.39. The van der Waals surface area contributed by atoms with Crippen LogP contribution in [0.1, 0.15) is 44.7 Å². The van der Waals surface area contributed by atoms with E-state index in [9.17, 15) is 17.6 Å². The van der Waals surface area contributed by atoms with Crippen molar-refractivity contribution in [1.29, 1.82) is 0 Å². The maximum Gasteiger partial charge on any atom is 0.286 e. The number of anilines is 1. The summed E-state index contributed by atoms with van der Waals surface area (Å²) in [6, 6.07) is 11.2. The van der Waals surface area contributed by atoms with Crippen LogP contribution in [0, 0.1) is 19.7 Å². The van der Waals surface area contributed by atoms with Crippen molar-refractivity contribution in [2.45, 2.75) is 37.5 Å². The fraction of sp³-hybridized carbons (Fsp3) is 0.318. The number of aromatic nitrogens is 2. The van der Waals surface area contributed by atoms with Gasteiger partial charge in [0.15, 0.2) is 0 Å². The van der Waals surface area contributed by atoms with Crippen molar-refractivity contribution in [3.8, 4) is 0 Å². The monoisotopic (exact) mass is 474 g/mol. The first-order chi connectivity index (χ1) is 15.3. The maximum atomic E-state index is 13.7. The molecule has 32 heavy (non-hydrogen) atoms. The van der Waals surface area contributed by atoms with Gasteiger partial charge in [0.05, 0.1) is 4.90 Å². The number of rotatable bonds is 5. The minimum absolute atomic E-state index is 0.0197. The van der Waals surface area contributed by atoms with Crippen molar-refractivity contribution < 1.29 is 17.6 Å². The summed E-state index contributed by atoms with van der Waals surface area (Å²) < 4.78 is 41.4. The molecule has 1 aliphatic rings. The fourth-order valence-corrected chi connectivity index (χ4v) is 6.36. The van der Waals surface area contributed by atoms with Crippen molar-refractivity contribution in [3.05, 3.63) is 69.4 Å². The molecule has 7 nitrogen and oxygen atoms in total. The Kier molecular flexibility index (Phi) is 6.36. The number of carbonyl (C=O) groups excluding carboxylic acids is 1. The van der Waals surface area contributed by atoms with E-state index < -0.39 is 15.8 Å². The van der Waals surface area contributed by atoms with Gasteiger partial charge in [-0.05, 0) is 56.0 Å². The van der Waals surface area contributed by atoms with Gasteiger partial charge in [0.1, 0.15) is 10.8 Å². The van der Waals surface area contributed by atoms with Gasteiger partial charge < -0.3 is 5.32 Å². The number of aryl methyl sites for hydroxylation is 2. The van der Waals surface area contributed by atoms with E-state index in [1.165, 1.54) is 27.8 Å². The molecular weight excluding hydrogens is 451 g/mol. The summed E-state index contributed by atoms with van der Waals surface area (Å²) in [6.07, 6.45) is 1.38. The van der Waals surface area contributed by atoms with E-state index in [2.05, 4.69) is 15.5 Å². The molecule has 1 amide bonds. The Morgan fingerprint density at radius 2 is 1.94 bits per heavy atom. The highest BCUT2D eigenvalue weighted by atomic mass is 32.2. The normalized spacial score (nSPS) is 17.3. The van der Waals surface area contributed by atoms with Crippen LogP contribution < -0.4 is 5.32 Å². The molecule has 1 saturated heterocycles. The summed E-state index contributed by atoms with van der Waals surface area (Å²) in [5, 5.41) is 11.9. The fourth-order valence-electron chi connectivity index (χ4n) is 3.73. The quantitative estimate of drug-likeness (QED) is 0.601. The second-order valence-corrected chi connectivity index (χ2v) is 10.7. The topological polar surface area (TPSA) is 92.3 Å². The third-order valence-electron chi connectivity index (χ3n) is 5.53. The Bertz CT molecular complexity index is 1260. The third-order valence-corrected chi connectivity index (χ3v) is 8.62. The molecule has 10 heteroatoms. The number of nitrogens with one attached hydrogen (secondary N) is 1. The zero-order chi connectivity index (χ0) is 22.9. The zero-order valence-corrected chi connectivity index (χ0v) is 19.3. The molecule has 0 aliphatic carbocycles. The van der Waals surface area contributed by atoms with Crippen LogP contribution in [-0.2, 0) is 10.0 Å². The molecule has 2 heterocycles. The summed E-state index contributed by atoms with van der Waals surface area (Å²) in [4.78, 5) is 12.6. The first-order valence-corrected chi connectivity index (χ1v) is 12.5. The molecule has 3 aromatic rings. The number of benzene rings is 2. The summed E-state index contributed by atoms with van der Waals surface area (Å²) in [5.41, 5.74) is 2.14. The molecule has 4 rings (SSSR count). The maximum absolute atomic E-state index is 13.7. The predicted octanol–water partition coefficient (Wildman–Crippen LogP) is 4.11. The molecule has 1 aromatic heterocycles. The lowest BCUT2D eigenvalue weighted by atomic mass is 10.0. The van der Waals surface area contributed by atoms with Gasteiger partial charge in [0.2, 0.25) is 15.0 Å². The van der Waals surface area contributed by atoms with Crippen molar-refractivity contribution in [1.82, 2.24) is 14.5 Å². The molecule has 168 valence electrons. The van der Waals surface area contributed by atoms with Crippen LogP contribution in [0.15, 0.2) is 47.4 Å². The first kappa shape index (κ1) is 22.5. The molecule has 0 bridgehead atoms. The summed E-state index contributed by atoms with van der Waals surface area (Å²) in [7, 11) is -3.84. The van der Waals surface area contributed by atoms with Gasteiger partial charge in [-0.2, -0.15) is 4.31 Å². The van der Waals surface area contributed by atoms with Crippen molar-refractivity contribution in [2.24, 2.45) is 0 Å². The smallest absolute Gasteiger partial charge is 0.286 e. The highest BCUT2D eigenvalue weighted by Crippen LogP contribution is 2.33. The average Bonchev–Trinajstić information content (AvgIpc) is 3.27. The molecular formula is C22H23FN4O3S2. The molecule has 1 aliphatic heterocycles. The van der Waals surface area contributed by atoms with E-state index in [-0.39, 0.29) is 28.3 Å². The number of amides is 1. The van der Waals surface area contributed by atoms with Gasteiger partial charge in [0, 0.05) is 24.7 Å². The summed E-state index contributed by atoms with van der Waals surface area (Å²) in [6.45, 7) is 4.12. The van der Waals surface area contributed by atoms with Crippen molar-refractivity contribution in [2.75, 3.05) is 18.4 Å². The highest BCUT2D eigenvalue weighted by molar-refractivity contribution is 7.89. The number of piperidine rings is 1. The lowest BCUT2D eigenvalue weighted by Gasteiger charge is -2.31. The van der Waals surface area contributed by atoms with E-state index >= 15 is 0 Å². The van der Waals surface area contributed by atoms with Crippen LogP contribution in [0.2, 0.25) is 0 Å². The molecule has 1 fully saturated rings. The van der Waals surface area contributed by atoms with Crippen LogP contribution in [0.4, 0.5) is 10.1 Å². The van der Waals surface area contributed by atoms with Crippen LogP contribution in [0.5, 0.6) is 0 Å². The SMILES string of the molecule is Cc1ccccc1NC(=O)c1nnc(C2CCCN(S(=O)(=O)c3cc(F)ccc3C)C2)s1. The van der Waals surface area contributed by atoms with Crippen LogP contribution in [0.3, 0.4) is 0 Å². The van der Waals surface area contributed by atoms with E-state index in [1.807, 2.05) is 31.2 Å². The standard InChI is InChI=1S/C22H23FN4O3S2/c1-14-6-3-4-8-18(14)24-20(28)22-26-25-21(31-22)16-7-5-11-27(13-16)32(29,30)19-12-17(23)10-9-15(19)2/h3-4,6,8-10,12,16H,5,7,11,13H2,1-2H3,(H,24,28). The molecule has 2 aromatic carbocycles. The molecule has 0 spiro atoms.